The van der Waals surface area contributed by atoms with Gasteiger partial charge in [-0.25, -0.2) is 4.79 Å². The summed E-state index contributed by atoms with van der Waals surface area (Å²) in [5, 5.41) is 12.1. The van der Waals surface area contributed by atoms with E-state index in [0.29, 0.717) is 16.8 Å². The van der Waals surface area contributed by atoms with E-state index < -0.39 is 11.9 Å². The second-order valence-corrected chi connectivity index (χ2v) is 7.34. The average molecular weight is 461 g/mol. The molecule has 0 aliphatic heterocycles. The summed E-state index contributed by atoms with van der Waals surface area (Å²) >= 11 is 3.33. The van der Waals surface area contributed by atoms with Crippen molar-refractivity contribution in [2.24, 2.45) is 0 Å². The van der Waals surface area contributed by atoms with Crippen LogP contribution in [0, 0.1) is 18.3 Å². The molecule has 0 saturated carbocycles. The van der Waals surface area contributed by atoms with Crippen LogP contribution in [0.4, 0.5) is 5.69 Å². The number of nitriles is 1. The van der Waals surface area contributed by atoms with E-state index in [1.165, 1.54) is 6.08 Å². The average Bonchev–Trinajstić information content (AvgIpc) is 2.75. The predicted molar refractivity (Wildman–Crippen MR) is 119 cm³/mol. The molecule has 0 heterocycles. The van der Waals surface area contributed by atoms with Crippen molar-refractivity contribution >= 4 is 39.6 Å². The van der Waals surface area contributed by atoms with Crippen LogP contribution < -0.4 is 10.1 Å². The predicted octanol–water partition coefficient (Wildman–Crippen LogP) is 5.52. The molecule has 30 heavy (non-hydrogen) atoms. The fourth-order valence-electron chi connectivity index (χ4n) is 2.58. The van der Waals surface area contributed by atoms with Crippen molar-refractivity contribution in [1.29, 1.82) is 5.26 Å². The van der Waals surface area contributed by atoms with Crippen molar-refractivity contribution in [2.75, 3.05) is 5.32 Å². The van der Waals surface area contributed by atoms with E-state index in [0.717, 1.165) is 10.0 Å². The summed E-state index contributed by atoms with van der Waals surface area (Å²) in [6.45, 7) is 1.93. The van der Waals surface area contributed by atoms with Gasteiger partial charge in [0.05, 0.1) is 5.56 Å². The van der Waals surface area contributed by atoms with Crippen molar-refractivity contribution in [3.05, 3.63) is 99.5 Å². The normalized spacial score (nSPS) is 10.8. The Morgan fingerprint density at radius 3 is 2.33 bits per heavy atom. The van der Waals surface area contributed by atoms with Crippen LogP contribution in [-0.2, 0) is 4.79 Å². The van der Waals surface area contributed by atoms with Gasteiger partial charge >= 0.3 is 5.97 Å². The Balaban J connectivity index is 1.82. The lowest BCUT2D eigenvalue weighted by molar-refractivity contribution is -0.112. The van der Waals surface area contributed by atoms with Gasteiger partial charge in [0.2, 0.25) is 0 Å². The SMILES string of the molecule is Cc1ccc(C(=O)Oc2ccccc2/C=C(\C#N)C(=O)Nc2ccc(Br)cc2)cc1. The number of hydrogen-bond acceptors (Lipinski definition) is 4. The molecule has 148 valence electrons. The molecule has 0 aliphatic carbocycles. The monoisotopic (exact) mass is 460 g/mol. The summed E-state index contributed by atoms with van der Waals surface area (Å²) in [5.41, 5.74) is 2.33. The van der Waals surface area contributed by atoms with Gasteiger partial charge in [-0.1, -0.05) is 51.8 Å². The van der Waals surface area contributed by atoms with Crippen LogP contribution in [-0.4, -0.2) is 11.9 Å². The number of nitrogens with zero attached hydrogens (tertiary/aromatic N) is 1. The van der Waals surface area contributed by atoms with Gasteiger partial charge in [-0.3, -0.25) is 4.79 Å². The third-order valence-electron chi connectivity index (χ3n) is 4.18. The Hall–Kier alpha value is -3.69. The Kier molecular flexibility index (Phi) is 6.79. The number of rotatable bonds is 5. The van der Waals surface area contributed by atoms with E-state index in [2.05, 4.69) is 21.2 Å². The minimum Gasteiger partial charge on any atom is -0.422 e. The number of amides is 1. The first kappa shape index (κ1) is 21.0. The van der Waals surface area contributed by atoms with Gasteiger partial charge in [-0.15, -0.1) is 0 Å². The molecular weight excluding hydrogens is 444 g/mol. The largest absolute Gasteiger partial charge is 0.422 e. The van der Waals surface area contributed by atoms with Crippen molar-refractivity contribution in [3.63, 3.8) is 0 Å². The summed E-state index contributed by atoms with van der Waals surface area (Å²) in [7, 11) is 0. The first-order chi connectivity index (χ1) is 14.5. The molecule has 3 aromatic rings. The molecule has 1 N–H and O–H groups in total. The maximum absolute atomic E-state index is 12.5. The van der Waals surface area contributed by atoms with Crippen LogP contribution in [0.3, 0.4) is 0 Å². The number of halogens is 1. The topological polar surface area (TPSA) is 79.2 Å². The highest BCUT2D eigenvalue weighted by molar-refractivity contribution is 9.10. The van der Waals surface area contributed by atoms with E-state index in [1.807, 2.05) is 25.1 Å². The number of carbonyl (C=O) groups excluding carboxylic acids is 2. The van der Waals surface area contributed by atoms with Crippen LogP contribution in [0.1, 0.15) is 21.5 Å². The zero-order chi connectivity index (χ0) is 21.5. The zero-order valence-corrected chi connectivity index (χ0v) is 17.6. The molecule has 0 spiro atoms. The van der Waals surface area contributed by atoms with E-state index >= 15 is 0 Å². The first-order valence-electron chi connectivity index (χ1n) is 9.03. The zero-order valence-electron chi connectivity index (χ0n) is 16.1. The van der Waals surface area contributed by atoms with E-state index in [9.17, 15) is 14.9 Å². The fraction of sp³-hybridized carbons (Fsp3) is 0.0417. The Bertz CT molecular complexity index is 1140. The van der Waals surface area contributed by atoms with Gasteiger partial charge in [0, 0.05) is 15.7 Å². The molecule has 0 bridgehead atoms. The third-order valence-corrected chi connectivity index (χ3v) is 4.70. The smallest absolute Gasteiger partial charge is 0.343 e. The minimum atomic E-state index is -0.556. The number of esters is 1. The summed E-state index contributed by atoms with van der Waals surface area (Å²) in [6.07, 6.45) is 1.39. The number of ether oxygens (including phenoxy) is 1. The summed E-state index contributed by atoms with van der Waals surface area (Å²) in [6, 6.07) is 22.6. The highest BCUT2D eigenvalue weighted by Crippen LogP contribution is 2.23. The van der Waals surface area contributed by atoms with E-state index in [-0.39, 0.29) is 11.3 Å². The summed E-state index contributed by atoms with van der Waals surface area (Å²) < 4.78 is 6.37. The molecule has 5 nitrogen and oxygen atoms in total. The van der Waals surface area contributed by atoms with Gasteiger partial charge in [0.25, 0.3) is 5.91 Å². The van der Waals surface area contributed by atoms with Crippen LogP contribution >= 0.6 is 15.9 Å². The summed E-state index contributed by atoms with van der Waals surface area (Å²) in [4.78, 5) is 24.9. The Morgan fingerprint density at radius 2 is 1.67 bits per heavy atom. The number of carbonyl (C=O) groups is 2. The maximum Gasteiger partial charge on any atom is 0.343 e. The Labute approximate surface area is 182 Å². The minimum absolute atomic E-state index is 0.114. The van der Waals surface area contributed by atoms with Crippen LogP contribution in [0.2, 0.25) is 0 Å². The molecule has 0 aliphatic rings. The second kappa shape index (κ2) is 9.68. The maximum atomic E-state index is 12.5. The molecule has 0 unspecified atom stereocenters. The number of benzene rings is 3. The van der Waals surface area contributed by atoms with Gasteiger partial charge in [-0.05, 0) is 55.5 Å². The van der Waals surface area contributed by atoms with Gasteiger partial charge in [-0.2, -0.15) is 5.26 Å². The molecule has 0 atom stereocenters. The van der Waals surface area contributed by atoms with Crippen molar-refractivity contribution in [3.8, 4) is 11.8 Å². The molecule has 0 aromatic heterocycles. The van der Waals surface area contributed by atoms with Crippen LogP contribution in [0.15, 0.2) is 82.8 Å². The Morgan fingerprint density at radius 1 is 1.00 bits per heavy atom. The number of para-hydroxylation sites is 1. The summed E-state index contributed by atoms with van der Waals surface area (Å²) in [5.74, 6) is -0.819. The van der Waals surface area contributed by atoms with Crippen LogP contribution in [0.5, 0.6) is 5.75 Å². The number of aryl methyl sites for hydroxylation is 1. The van der Waals surface area contributed by atoms with Gasteiger partial charge in [0.15, 0.2) is 0 Å². The molecular formula is C24H17BrN2O3. The van der Waals surface area contributed by atoms with E-state index in [1.54, 1.807) is 60.7 Å². The molecule has 0 saturated heterocycles. The standard InChI is InChI=1S/C24H17BrN2O3/c1-16-6-8-17(9-7-16)24(29)30-22-5-3-2-4-18(22)14-19(15-26)23(28)27-21-12-10-20(25)11-13-21/h2-14H,1H3,(H,27,28)/b19-14+. The van der Waals surface area contributed by atoms with Crippen LogP contribution in [0.25, 0.3) is 6.08 Å². The quantitative estimate of drug-likeness (QED) is 0.235. The van der Waals surface area contributed by atoms with Gasteiger partial charge < -0.3 is 10.1 Å². The molecule has 0 radical (unpaired) electrons. The third kappa shape index (κ3) is 5.43. The number of hydrogen-bond donors (Lipinski definition) is 1. The molecule has 6 heteroatoms. The molecule has 3 aromatic carbocycles. The van der Waals surface area contributed by atoms with E-state index in [4.69, 9.17) is 4.74 Å². The highest BCUT2D eigenvalue weighted by atomic mass is 79.9. The second-order valence-electron chi connectivity index (χ2n) is 6.42. The molecule has 1 amide bonds. The lowest BCUT2D eigenvalue weighted by Crippen LogP contribution is -2.13. The van der Waals surface area contributed by atoms with Crippen molar-refractivity contribution in [1.82, 2.24) is 0 Å². The molecule has 0 fully saturated rings. The molecule has 3 rings (SSSR count). The highest BCUT2D eigenvalue weighted by Gasteiger charge is 2.14. The lowest BCUT2D eigenvalue weighted by atomic mass is 10.1. The number of anilines is 1. The van der Waals surface area contributed by atoms with Crippen molar-refractivity contribution in [2.45, 2.75) is 6.92 Å². The van der Waals surface area contributed by atoms with Gasteiger partial charge in [0.1, 0.15) is 17.4 Å². The fourth-order valence-corrected chi connectivity index (χ4v) is 2.84. The lowest BCUT2D eigenvalue weighted by Gasteiger charge is -2.09. The first-order valence-corrected chi connectivity index (χ1v) is 9.82. The van der Waals surface area contributed by atoms with Crippen molar-refractivity contribution < 1.29 is 14.3 Å². The number of nitrogens with one attached hydrogen (secondary N) is 1.